The minimum absolute atomic E-state index is 0.115. The molecule has 0 aromatic carbocycles. The van der Waals surface area contributed by atoms with E-state index in [1.54, 1.807) is 5.57 Å². The number of ether oxygens (including phenoxy) is 1. The number of unbranched alkanes of at least 4 members (excludes halogenated alkanes) is 1. The van der Waals surface area contributed by atoms with Gasteiger partial charge in [0.25, 0.3) is 0 Å². The van der Waals surface area contributed by atoms with E-state index >= 15 is 0 Å². The second kappa shape index (κ2) is 6.56. The Kier molecular flexibility index (Phi) is 5.03. The number of rotatable bonds is 5. The van der Waals surface area contributed by atoms with Crippen molar-refractivity contribution in [2.24, 2.45) is 23.7 Å². The van der Waals surface area contributed by atoms with E-state index in [9.17, 15) is 9.90 Å². The molecule has 0 aromatic rings. The van der Waals surface area contributed by atoms with Gasteiger partial charge in [0.05, 0.1) is 7.11 Å². The minimum Gasteiger partial charge on any atom is -0.469 e. The maximum Gasteiger partial charge on any atom is 0.305 e. The van der Waals surface area contributed by atoms with E-state index in [4.69, 9.17) is 0 Å². The molecule has 0 saturated heterocycles. The summed E-state index contributed by atoms with van der Waals surface area (Å²) in [6.07, 6.45) is 8.34. The summed E-state index contributed by atoms with van der Waals surface area (Å²) < 4.78 is 4.64. The van der Waals surface area contributed by atoms with Crippen molar-refractivity contribution in [1.29, 1.82) is 0 Å². The molecule has 4 atom stereocenters. The van der Waals surface area contributed by atoms with E-state index in [1.807, 2.05) is 0 Å². The van der Waals surface area contributed by atoms with Gasteiger partial charge in [0, 0.05) is 13.0 Å². The van der Waals surface area contributed by atoms with Gasteiger partial charge in [0.15, 0.2) is 0 Å². The molecule has 3 nitrogen and oxygen atoms in total. The quantitative estimate of drug-likeness (QED) is 0.473. The highest BCUT2D eigenvalue weighted by Gasteiger charge is 2.44. The van der Waals surface area contributed by atoms with Crippen LogP contribution in [0.5, 0.6) is 0 Å². The molecule has 2 rings (SSSR count). The SMILES string of the molecule is COC(=O)CCC/C=C1\C[C@H]2C[C@@H](C)[C@H](CO)[C@H]2C1. The number of aliphatic hydroxyl groups excluding tert-OH is 1. The number of methoxy groups -OCH3 is 1. The van der Waals surface area contributed by atoms with E-state index in [0.29, 0.717) is 30.8 Å². The fourth-order valence-electron chi connectivity index (χ4n) is 4.01. The van der Waals surface area contributed by atoms with Crippen molar-refractivity contribution in [3.05, 3.63) is 11.6 Å². The molecule has 0 radical (unpaired) electrons. The molecule has 108 valence electrons. The van der Waals surface area contributed by atoms with Crippen molar-refractivity contribution in [2.45, 2.75) is 45.4 Å². The lowest BCUT2D eigenvalue weighted by molar-refractivity contribution is -0.140. The molecule has 2 aliphatic carbocycles. The number of carbonyl (C=O) groups excluding carboxylic acids is 1. The summed E-state index contributed by atoms with van der Waals surface area (Å²) in [4.78, 5) is 11.0. The third-order valence-corrected chi connectivity index (χ3v) is 5.04. The van der Waals surface area contributed by atoms with Gasteiger partial charge in [-0.25, -0.2) is 0 Å². The zero-order valence-corrected chi connectivity index (χ0v) is 12.1. The Morgan fingerprint density at radius 1 is 1.47 bits per heavy atom. The fraction of sp³-hybridized carbons (Fsp3) is 0.812. The molecule has 3 heteroatoms. The number of aliphatic hydroxyl groups is 1. The largest absolute Gasteiger partial charge is 0.469 e. The van der Waals surface area contributed by atoms with Crippen LogP contribution in [-0.4, -0.2) is 24.8 Å². The van der Waals surface area contributed by atoms with Crippen molar-refractivity contribution >= 4 is 5.97 Å². The Labute approximate surface area is 116 Å². The summed E-state index contributed by atoms with van der Waals surface area (Å²) >= 11 is 0. The highest BCUT2D eigenvalue weighted by molar-refractivity contribution is 5.69. The third-order valence-electron chi connectivity index (χ3n) is 5.04. The lowest BCUT2D eigenvalue weighted by atomic mass is 9.89. The van der Waals surface area contributed by atoms with Gasteiger partial charge >= 0.3 is 5.97 Å². The average Bonchev–Trinajstić information content (AvgIpc) is 2.90. The van der Waals surface area contributed by atoms with Crippen LogP contribution in [0.25, 0.3) is 0 Å². The summed E-state index contributed by atoms with van der Waals surface area (Å²) in [6.45, 7) is 2.62. The second-order valence-electron chi connectivity index (χ2n) is 6.22. The maximum absolute atomic E-state index is 11.0. The number of fused-ring (bicyclic) bond motifs is 1. The Hall–Kier alpha value is -0.830. The van der Waals surface area contributed by atoms with Crippen LogP contribution in [0, 0.1) is 23.7 Å². The smallest absolute Gasteiger partial charge is 0.305 e. The molecule has 0 spiro atoms. The number of allylic oxidation sites excluding steroid dienone is 2. The number of hydrogen-bond donors (Lipinski definition) is 1. The molecule has 0 unspecified atom stereocenters. The Morgan fingerprint density at radius 3 is 2.95 bits per heavy atom. The van der Waals surface area contributed by atoms with E-state index in [0.717, 1.165) is 18.8 Å². The first-order valence-electron chi connectivity index (χ1n) is 7.51. The van der Waals surface area contributed by atoms with Crippen molar-refractivity contribution in [3.63, 3.8) is 0 Å². The molecular formula is C16H26O3. The molecule has 1 N–H and O–H groups in total. The van der Waals surface area contributed by atoms with E-state index in [2.05, 4.69) is 17.7 Å². The maximum atomic E-state index is 11.0. The first-order chi connectivity index (χ1) is 9.15. The Balaban J connectivity index is 1.78. The lowest BCUT2D eigenvalue weighted by Crippen LogP contribution is -2.17. The van der Waals surface area contributed by atoms with Gasteiger partial charge in [-0.15, -0.1) is 0 Å². The van der Waals surface area contributed by atoms with Crippen LogP contribution in [0.4, 0.5) is 0 Å². The third kappa shape index (κ3) is 3.38. The van der Waals surface area contributed by atoms with Crippen LogP contribution >= 0.6 is 0 Å². The van der Waals surface area contributed by atoms with Gasteiger partial charge < -0.3 is 9.84 Å². The number of hydrogen-bond acceptors (Lipinski definition) is 3. The summed E-state index contributed by atoms with van der Waals surface area (Å²) in [7, 11) is 1.44. The molecule has 2 fully saturated rings. The first-order valence-corrected chi connectivity index (χ1v) is 7.51. The highest BCUT2D eigenvalue weighted by atomic mass is 16.5. The van der Waals surface area contributed by atoms with Crippen LogP contribution in [-0.2, 0) is 9.53 Å². The monoisotopic (exact) mass is 266 g/mol. The predicted octanol–water partition coefficient (Wildman–Crippen LogP) is 2.93. The van der Waals surface area contributed by atoms with Gasteiger partial charge in [-0.2, -0.15) is 0 Å². The molecular weight excluding hydrogens is 240 g/mol. The van der Waals surface area contributed by atoms with Gasteiger partial charge in [-0.1, -0.05) is 18.6 Å². The van der Waals surface area contributed by atoms with Crippen molar-refractivity contribution in [3.8, 4) is 0 Å². The lowest BCUT2D eigenvalue weighted by Gasteiger charge is -2.18. The molecule has 0 amide bonds. The standard InChI is InChI=1S/C16H26O3/c1-11-7-13-8-12(9-14(13)15(11)10-17)5-3-4-6-16(18)19-2/h5,11,13-15,17H,3-4,6-10H2,1-2H3/b12-5+/t11-,13-,14+,15+/m1/s1. The zero-order chi connectivity index (χ0) is 13.8. The number of carbonyl (C=O) groups is 1. The van der Waals surface area contributed by atoms with Crippen molar-refractivity contribution in [1.82, 2.24) is 0 Å². The van der Waals surface area contributed by atoms with Crippen LogP contribution < -0.4 is 0 Å². The molecule has 2 aliphatic rings. The number of esters is 1. The van der Waals surface area contributed by atoms with Gasteiger partial charge in [0.2, 0.25) is 0 Å². The normalized spacial score (nSPS) is 35.6. The molecule has 0 bridgehead atoms. The summed E-state index contributed by atoms with van der Waals surface area (Å²) in [5.41, 5.74) is 1.55. The van der Waals surface area contributed by atoms with Gasteiger partial charge in [0.1, 0.15) is 0 Å². The second-order valence-corrected chi connectivity index (χ2v) is 6.22. The molecule has 0 aliphatic heterocycles. The Bertz CT molecular complexity index is 348. The van der Waals surface area contributed by atoms with E-state index in [1.165, 1.54) is 26.4 Å². The summed E-state index contributed by atoms with van der Waals surface area (Å²) in [5.74, 6) is 2.56. The van der Waals surface area contributed by atoms with Crippen LogP contribution in [0.1, 0.15) is 45.4 Å². The highest BCUT2D eigenvalue weighted by Crippen LogP contribution is 2.52. The minimum atomic E-state index is -0.115. The van der Waals surface area contributed by atoms with Gasteiger partial charge in [-0.05, 0) is 55.8 Å². The summed E-state index contributed by atoms with van der Waals surface area (Å²) in [6, 6.07) is 0. The first kappa shape index (κ1) is 14.6. The van der Waals surface area contributed by atoms with Crippen LogP contribution in [0.2, 0.25) is 0 Å². The van der Waals surface area contributed by atoms with Crippen molar-refractivity contribution in [2.75, 3.05) is 13.7 Å². The van der Waals surface area contributed by atoms with E-state index in [-0.39, 0.29) is 5.97 Å². The predicted molar refractivity (Wildman–Crippen MR) is 74.5 cm³/mol. The fourth-order valence-corrected chi connectivity index (χ4v) is 4.01. The van der Waals surface area contributed by atoms with E-state index < -0.39 is 0 Å². The topological polar surface area (TPSA) is 46.5 Å². The zero-order valence-electron chi connectivity index (χ0n) is 12.1. The van der Waals surface area contributed by atoms with Crippen molar-refractivity contribution < 1.29 is 14.6 Å². The Morgan fingerprint density at radius 2 is 2.26 bits per heavy atom. The van der Waals surface area contributed by atoms with Crippen LogP contribution in [0.3, 0.4) is 0 Å². The average molecular weight is 266 g/mol. The summed E-state index contributed by atoms with van der Waals surface area (Å²) in [5, 5.41) is 9.50. The molecule has 2 saturated carbocycles. The van der Waals surface area contributed by atoms with Crippen LogP contribution in [0.15, 0.2) is 11.6 Å². The molecule has 0 aromatic heterocycles. The molecule has 0 heterocycles. The molecule has 19 heavy (non-hydrogen) atoms. The van der Waals surface area contributed by atoms with Gasteiger partial charge in [-0.3, -0.25) is 4.79 Å².